The molecule has 5 atom stereocenters. The van der Waals surface area contributed by atoms with E-state index >= 15 is 0 Å². The molecule has 2 N–H and O–H groups in total. The number of ether oxygens (including phenoxy) is 3. The van der Waals surface area contributed by atoms with E-state index in [9.17, 15) is 19.5 Å². The minimum absolute atomic E-state index is 0.0286. The lowest BCUT2D eigenvalue weighted by Gasteiger charge is -2.42. The van der Waals surface area contributed by atoms with Crippen LogP contribution in [0.2, 0.25) is 0 Å². The number of alkyl carbamates (subject to hydrolysis) is 1. The van der Waals surface area contributed by atoms with E-state index in [4.69, 9.17) is 14.2 Å². The number of carbonyl (C=O) groups is 3. The van der Waals surface area contributed by atoms with Gasteiger partial charge in [0.25, 0.3) is 5.91 Å². The number of aliphatic hydroxyl groups is 1. The lowest BCUT2D eigenvalue weighted by atomic mass is 9.90. The molecule has 2 saturated heterocycles. The van der Waals surface area contributed by atoms with Gasteiger partial charge in [-0.05, 0) is 64.7 Å². The van der Waals surface area contributed by atoms with Crippen LogP contribution in [0.1, 0.15) is 59.2 Å². The second-order valence-corrected chi connectivity index (χ2v) is 14.8. The molecule has 5 unspecified atom stereocenters. The Labute approximate surface area is 333 Å². The highest BCUT2D eigenvalue weighted by Crippen LogP contribution is 2.42. The van der Waals surface area contributed by atoms with Crippen LogP contribution in [0.25, 0.3) is 11.1 Å². The van der Waals surface area contributed by atoms with Gasteiger partial charge in [0, 0.05) is 42.9 Å². The first-order valence-electron chi connectivity index (χ1n) is 19.3. The Bertz CT molecular complexity index is 2130. The van der Waals surface area contributed by atoms with Gasteiger partial charge < -0.3 is 29.5 Å². The smallest absolute Gasteiger partial charge is 0.408 e. The predicted molar refractivity (Wildman–Crippen MR) is 214 cm³/mol. The number of aromatic nitrogens is 1. The molecule has 3 amide bonds. The molecule has 0 saturated carbocycles. The first kappa shape index (κ1) is 39.5. The summed E-state index contributed by atoms with van der Waals surface area (Å²) >= 11 is 0. The van der Waals surface area contributed by atoms with E-state index < -0.39 is 24.3 Å². The number of amides is 3. The topological polar surface area (TPSA) is 131 Å². The number of rotatable bonds is 14. The van der Waals surface area contributed by atoms with Gasteiger partial charge in [0.1, 0.15) is 12.6 Å². The van der Waals surface area contributed by atoms with E-state index in [2.05, 4.69) is 35.2 Å². The molecule has 0 aliphatic carbocycles. The summed E-state index contributed by atoms with van der Waals surface area (Å²) in [4.78, 5) is 46.7. The van der Waals surface area contributed by atoms with E-state index in [0.29, 0.717) is 6.54 Å². The normalized spacial score (nSPS) is 20.8. The molecule has 3 heterocycles. The zero-order valence-electron chi connectivity index (χ0n) is 32.2. The lowest BCUT2D eigenvalue weighted by Crippen LogP contribution is -2.43. The first-order chi connectivity index (χ1) is 27.7. The highest BCUT2D eigenvalue weighted by atomic mass is 16.7. The summed E-state index contributed by atoms with van der Waals surface area (Å²) in [6.45, 7) is 3.78. The van der Waals surface area contributed by atoms with E-state index in [1.165, 1.54) is 4.90 Å². The number of benzene rings is 4. The van der Waals surface area contributed by atoms with Crippen molar-refractivity contribution in [3.8, 4) is 11.1 Å². The minimum atomic E-state index is -0.986. The van der Waals surface area contributed by atoms with Gasteiger partial charge in [0.15, 0.2) is 6.29 Å². The molecule has 57 heavy (non-hydrogen) atoms. The average molecular weight is 769 g/mol. The quantitative estimate of drug-likeness (QED) is 0.118. The third kappa shape index (κ3) is 10.00. The summed E-state index contributed by atoms with van der Waals surface area (Å²) in [6.07, 6.45) is 0.716. The summed E-state index contributed by atoms with van der Waals surface area (Å²) in [7, 11) is 2.10. The molecular formula is C46H48N4O7. The molecule has 0 bridgehead atoms. The Balaban J connectivity index is 1.04. The van der Waals surface area contributed by atoms with Gasteiger partial charge in [-0.15, -0.1) is 0 Å². The Morgan fingerprint density at radius 2 is 1.60 bits per heavy atom. The Morgan fingerprint density at radius 1 is 0.860 bits per heavy atom. The van der Waals surface area contributed by atoms with Gasteiger partial charge in [-0.25, -0.2) is 4.79 Å². The number of imide groups is 1. The Kier molecular flexibility index (Phi) is 12.8. The van der Waals surface area contributed by atoms with Crippen molar-refractivity contribution in [1.29, 1.82) is 0 Å². The van der Waals surface area contributed by atoms with Crippen LogP contribution in [0.5, 0.6) is 0 Å². The van der Waals surface area contributed by atoms with Crippen molar-refractivity contribution in [1.82, 2.24) is 20.1 Å². The maximum atomic E-state index is 13.3. The SMILES string of the molecule is CC1C(CN(C)CCc2ccccn2)OC(c2cccc(-c3cccc(CN4C(=O)CC(NC(=O)OCc5ccccc5)C4=O)c3)c2)OC1c1ccc(CO)cc1. The molecule has 4 aromatic carbocycles. The predicted octanol–water partition coefficient (Wildman–Crippen LogP) is 6.76. The Morgan fingerprint density at radius 3 is 2.35 bits per heavy atom. The van der Waals surface area contributed by atoms with Crippen LogP contribution in [-0.2, 0) is 50.0 Å². The number of pyridine rings is 1. The third-order valence-electron chi connectivity index (χ3n) is 10.6. The van der Waals surface area contributed by atoms with Gasteiger partial charge >= 0.3 is 6.09 Å². The molecule has 2 aliphatic heterocycles. The van der Waals surface area contributed by atoms with Gasteiger partial charge in [0.2, 0.25) is 5.91 Å². The van der Waals surface area contributed by atoms with E-state index in [0.717, 1.165) is 57.6 Å². The fraction of sp³-hybridized carbons (Fsp3) is 0.304. The third-order valence-corrected chi connectivity index (χ3v) is 10.6. The lowest BCUT2D eigenvalue weighted by molar-refractivity contribution is -0.275. The van der Waals surface area contributed by atoms with Crippen molar-refractivity contribution in [3.05, 3.63) is 161 Å². The fourth-order valence-electron chi connectivity index (χ4n) is 7.34. The van der Waals surface area contributed by atoms with Crippen molar-refractivity contribution in [2.24, 2.45) is 5.92 Å². The van der Waals surface area contributed by atoms with Crippen molar-refractivity contribution >= 4 is 17.9 Å². The largest absolute Gasteiger partial charge is 0.445 e. The van der Waals surface area contributed by atoms with Gasteiger partial charge in [-0.2, -0.15) is 0 Å². The number of aliphatic hydroxyl groups excluding tert-OH is 1. The summed E-state index contributed by atoms with van der Waals surface area (Å²) in [5, 5.41) is 12.2. The summed E-state index contributed by atoms with van der Waals surface area (Å²) in [6, 6.07) is 37.9. The van der Waals surface area contributed by atoms with Crippen molar-refractivity contribution < 1.29 is 33.7 Å². The molecule has 1 aromatic heterocycles. The number of likely N-dealkylation sites (tertiary alicyclic amines) is 1. The van der Waals surface area contributed by atoms with E-state index in [1.807, 2.05) is 121 Å². The standard InChI is InChI=1S/C46H48N4O7/c1-31-41(28-49(2)23-21-39-16-6-7-22-47-39)56-45(57-43(31)35-19-17-32(29-51)18-20-35)38-15-9-14-37(25-38)36-13-8-12-34(24-36)27-50-42(52)26-40(44(50)53)48-46(54)55-30-33-10-4-3-5-11-33/h3-20,22,24-25,31,40-41,43,45,51H,21,23,26-30H2,1-2H3,(H,48,54). The van der Waals surface area contributed by atoms with E-state index in [1.54, 1.807) is 0 Å². The van der Waals surface area contributed by atoms with Crippen LogP contribution in [0.3, 0.4) is 0 Å². The number of hydrogen-bond acceptors (Lipinski definition) is 9. The highest BCUT2D eigenvalue weighted by Gasteiger charge is 2.40. The number of carbonyl (C=O) groups excluding carboxylic acids is 3. The summed E-state index contributed by atoms with van der Waals surface area (Å²) in [5.74, 6) is -0.800. The van der Waals surface area contributed by atoms with Crippen LogP contribution >= 0.6 is 0 Å². The molecule has 7 rings (SSSR count). The van der Waals surface area contributed by atoms with Gasteiger partial charge in [-0.1, -0.05) is 104 Å². The van der Waals surface area contributed by atoms with Gasteiger partial charge in [-0.3, -0.25) is 19.5 Å². The van der Waals surface area contributed by atoms with Crippen molar-refractivity contribution in [2.75, 3.05) is 20.1 Å². The van der Waals surface area contributed by atoms with Crippen LogP contribution < -0.4 is 5.32 Å². The molecule has 2 fully saturated rings. The molecular weight excluding hydrogens is 721 g/mol. The average Bonchev–Trinajstić information content (AvgIpc) is 3.50. The zero-order chi connectivity index (χ0) is 39.7. The molecule has 0 spiro atoms. The molecule has 11 heteroatoms. The zero-order valence-corrected chi connectivity index (χ0v) is 32.2. The maximum Gasteiger partial charge on any atom is 0.408 e. The molecule has 0 radical (unpaired) electrons. The molecule has 294 valence electrons. The molecule has 5 aromatic rings. The molecule has 11 nitrogen and oxygen atoms in total. The minimum Gasteiger partial charge on any atom is -0.445 e. The van der Waals surface area contributed by atoms with Crippen molar-refractivity contribution in [3.63, 3.8) is 0 Å². The fourth-order valence-corrected chi connectivity index (χ4v) is 7.34. The van der Waals surface area contributed by atoms with Gasteiger partial charge in [0.05, 0.1) is 31.8 Å². The van der Waals surface area contributed by atoms with Crippen LogP contribution in [-0.4, -0.2) is 70.1 Å². The Hall–Kier alpha value is -5.72. The van der Waals surface area contributed by atoms with Crippen LogP contribution in [0.4, 0.5) is 4.79 Å². The summed E-state index contributed by atoms with van der Waals surface area (Å²) in [5.41, 5.74) is 7.17. The molecule has 2 aliphatic rings. The van der Waals surface area contributed by atoms with Crippen LogP contribution in [0, 0.1) is 5.92 Å². The van der Waals surface area contributed by atoms with Crippen LogP contribution in [0.15, 0.2) is 128 Å². The monoisotopic (exact) mass is 768 g/mol. The number of hydrogen-bond donors (Lipinski definition) is 2. The summed E-state index contributed by atoms with van der Waals surface area (Å²) < 4.78 is 18.8. The second-order valence-electron chi connectivity index (χ2n) is 14.8. The first-order valence-corrected chi connectivity index (χ1v) is 19.3. The van der Waals surface area contributed by atoms with E-state index in [-0.39, 0.29) is 50.2 Å². The number of likely N-dealkylation sites (N-methyl/N-ethyl adjacent to an activating group) is 1. The number of nitrogens with zero attached hydrogens (tertiary/aromatic N) is 3. The number of nitrogens with one attached hydrogen (secondary N) is 1. The second kappa shape index (κ2) is 18.5. The van der Waals surface area contributed by atoms with Crippen molar-refractivity contribution in [2.45, 2.75) is 64.1 Å². The maximum absolute atomic E-state index is 13.3. The highest BCUT2D eigenvalue weighted by molar-refractivity contribution is 6.06.